The second kappa shape index (κ2) is 6.61. The van der Waals surface area contributed by atoms with Crippen LogP contribution in [0.1, 0.15) is 38.2 Å². The quantitative estimate of drug-likeness (QED) is 0.855. The zero-order chi connectivity index (χ0) is 14.7. The Labute approximate surface area is 127 Å². The Morgan fingerprint density at radius 1 is 1.29 bits per heavy atom. The lowest BCUT2D eigenvalue weighted by molar-refractivity contribution is -0.153. The largest absolute Gasteiger partial charge is 0.374 e. The van der Waals surface area contributed by atoms with E-state index in [1.807, 2.05) is 18.2 Å². The minimum atomic E-state index is 0.0491. The number of fused-ring (bicyclic) bond motifs is 1. The minimum absolute atomic E-state index is 0.0491. The van der Waals surface area contributed by atoms with Crippen LogP contribution < -0.4 is 0 Å². The van der Waals surface area contributed by atoms with E-state index in [-0.39, 0.29) is 12.0 Å². The Kier molecular flexibility index (Phi) is 4.59. The molecule has 114 valence electrons. The van der Waals surface area contributed by atoms with Gasteiger partial charge in [0.2, 0.25) is 5.91 Å². The molecule has 3 nitrogen and oxygen atoms in total. The monoisotopic (exact) mass is 287 g/mol. The number of carbonyl (C=O) groups excluding carboxylic acids is 1. The molecule has 1 aliphatic heterocycles. The predicted molar refractivity (Wildman–Crippen MR) is 83.0 cm³/mol. The zero-order valence-electron chi connectivity index (χ0n) is 12.8. The highest BCUT2D eigenvalue weighted by molar-refractivity contribution is 5.79. The first kappa shape index (κ1) is 14.6. The number of hydrogen-bond donors (Lipinski definition) is 0. The molecule has 3 rings (SSSR count). The standard InChI is InChI=1S/C18H25NO2/c1-14(13-15-7-3-2-4-8-15)18(20)19-11-12-21-17-10-6-5-9-16(17)19/h2-4,7-8,14,16-17H,5-6,9-13H2,1H3. The normalized spacial score (nSPS) is 27.0. The number of hydrogen-bond acceptors (Lipinski definition) is 2. The summed E-state index contributed by atoms with van der Waals surface area (Å²) in [6.45, 7) is 3.52. The van der Waals surface area contributed by atoms with Gasteiger partial charge in [0.05, 0.1) is 18.8 Å². The third-order valence-electron chi connectivity index (χ3n) is 4.82. The molecule has 3 atom stereocenters. The summed E-state index contributed by atoms with van der Waals surface area (Å²) in [4.78, 5) is 14.9. The first-order valence-corrected chi connectivity index (χ1v) is 8.21. The van der Waals surface area contributed by atoms with Gasteiger partial charge in [-0.2, -0.15) is 0 Å². The molecule has 1 heterocycles. The number of rotatable bonds is 3. The van der Waals surface area contributed by atoms with Crippen LogP contribution in [0.15, 0.2) is 30.3 Å². The molecule has 3 heteroatoms. The first-order chi connectivity index (χ1) is 10.3. The molecule has 0 aromatic heterocycles. The van der Waals surface area contributed by atoms with Gasteiger partial charge in [-0.25, -0.2) is 0 Å². The third kappa shape index (κ3) is 3.29. The summed E-state index contributed by atoms with van der Waals surface area (Å²) in [5, 5.41) is 0. The maximum atomic E-state index is 12.8. The summed E-state index contributed by atoms with van der Waals surface area (Å²) >= 11 is 0. The van der Waals surface area contributed by atoms with Crippen molar-refractivity contribution in [2.75, 3.05) is 13.2 Å². The van der Waals surface area contributed by atoms with Gasteiger partial charge < -0.3 is 9.64 Å². The molecule has 21 heavy (non-hydrogen) atoms. The molecule has 0 bridgehead atoms. The number of ether oxygens (including phenoxy) is 1. The molecule has 1 amide bonds. The topological polar surface area (TPSA) is 29.5 Å². The summed E-state index contributed by atoms with van der Waals surface area (Å²) in [5.74, 6) is 0.354. The predicted octanol–water partition coefficient (Wildman–Crippen LogP) is 3.04. The first-order valence-electron chi connectivity index (χ1n) is 8.21. The molecule has 0 radical (unpaired) electrons. The van der Waals surface area contributed by atoms with E-state index in [2.05, 4.69) is 24.0 Å². The Hall–Kier alpha value is -1.35. The fourth-order valence-corrected chi connectivity index (χ4v) is 3.71. The zero-order valence-corrected chi connectivity index (χ0v) is 12.8. The highest BCUT2D eigenvalue weighted by Gasteiger charge is 2.37. The highest BCUT2D eigenvalue weighted by atomic mass is 16.5. The van der Waals surface area contributed by atoms with Crippen LogP contribution in [0.2, 0.25) is 0 Å². The van der Waals surface area contributed by atoms with E-state index in [1.165, 1.54) is 18.4 Å². The van der Waals surface area contributed by atoms with Gasteiger partial charge in [-0.1, -0.05) is 50.1 Å². The summed E-state index contributed by atoms with van der Waals surface area (Å²) in [6, 6.07) is 10.6. The van der Waals surface area contributed by atoms with Gasteiger partial charge in [-0.15, -0.1) is 0 Å². The van der Waals surface area contributed by atoms with Crippen LogP contribution in [0.5, 0.6) is 0 Å². The van der Waals surface area contributed by atoms with Gasteiger partial charge in [0, 0.05) is 12.5 Å². The van der Waals surface area contributed by atoms with Gasteiger partial charge >= 0.3 is 0 Å². The van der Waals surface area contributed by atoms with Crippen molar-refractivity contribution < 1.29 is 9.53 Å². The summed E-state index contributed by atoms with van der Waals surface area (Å²) < 4.78 is 5.87. The molecular formula is C18H25NO2. The van der Waals surface area contributed by atoms with E-state index in [0.29, 0.717) is 18.6 Å². The molecule has 1 aromatic rings. The summed E-state index contributed by atoms with van der Waals surface area (Å²) in [7, 11) is 0. The molecule has 1 saturated heterocycles. The van der Waals surface area contributed by atoms with E-state index >= 15 is 0 Å². The maximum absolute atomic E-state index is 12.8. The molecule has 2 fully saturated rings. The number of morpholine rings is 1. The smallest absolute Gasteiger partial charge is 0.226 e. The van der Waals surface area contributed by atoms with Gasteiger partial charge in [-0.3, -0.25) is 4.79 Å². The van der Waals surface area contributed by atoms with Crippen molar-refractivity contribution in [1.29, 1.82) is 0 Å². The van der Waals surface area contributed by atoms with Crippen molar-refractivity contribution in [2.45, 2.75) is 51.2 Å². The molecule has 2 aliphatic rings. The Balaban J connectivity index is 1.65. The maximum Gasteiger partial charge on any atom is 0.226 e. The summed E-state index contributed by atoms with van der Waals surface area (Å²) in [5.41, 5.74) is 1.24. The lowest BCUT2D eigenvalue weighted by atomic mass is 9.89. The van der Waals surface area contributed by atoms with Crippen molar-refractivity contribution in [3.05, 3.63) is 35.9 Å². The van der Waals surface area contributed by atoms with Crippen LogP contribution in [0.4, 0.5) is 0 Å². The average molecular weight is 287 g/mol. The second-order valence-electron chi connectivity index (χ2n) is 6.38. The highest BCUT2D eigenvalue weighted by Crippen LogP contribution is 2.29. The van der Waals surface area contributed by atoms with Crippen molar-refractivity contribution in [1.82, 2.24) is 4.90 Å². The van der Waals surface area contributed by atoms with Crippen LogP contribution in [0, 0.1) is 5.92 Å². The van der Waals surface area contributed by atoms with E-state index in [0.717, 1.165) is 25.8 Å². The van der Waals surface area contributed by atoms with Gasteiger partial charge in [0.25, 0.3) is 0 Å². The van der Waals surface area contributed by atoms with E-state index < -0.39 is 0 Å². The van der Waals surface area contributed by atoms with Crippen LogP contribution in [0.3, 0.4) is 0 Å². The molecule has 1 saturated carbocycles. The number of amides is 1. The van der Waals surface area contributed by atoms with Crippen LogP contribution >= 0.6 is 0 Å². The Morgan fingerprint density at radius 3 is 2.86 bits per heavy atom. The molecular weight excluding hydrogens is 262 g/mol. The third-order valence-corrected chi connectivity index (χ3v) is 4.82. The number of carbonyl (C=O) groups is 1. The van der Waals surface area contributed by atoms with Crippen molar-refractivity contribution in [3.63, 3.8) is 0 Å². The average Bonchev–Trinajstić information content (AvgIpc) is 2.54. The fourth-order valence-electron chi connectivity index (χ4n) is 3.71. The van der Waals surface area contributed by atoms with Crippen LogP contribution in [0.25, 0.3) is 0 Å². The summed E-state index contributed by atoms with van der Waals surface area (Å²) in [6.07, 6.45) is 5.79. The van der Waals surface area contributed by atoms with Crippen molar-refractivity contribution in [2.24, 2.45) is 5.92 Å². The molecule has 0 spiro atoms. The van der Waals surface area contributed by atoms with Crippen LogP contribution in [-0.4, -0.2) is 36.1 Å². The van der Waals surface area contributed by atoms with Gasteiger partial charge in [0.15, 0.2) is 0 Å². The fraction of sp³-hybridized carbons (Fsp3) is 0.611. The van der Waals surface area contributed by atoms with E-state index in [4.69, 9.17) is 4.74 Å². The van der Waals surface area contributed by atoms with E-state index in [9.17, 15) is 4.79 Å². The second-order valence-corrected chi connectivity index (χ2v) is 6.38. The van der Waals surface area contributed by atoms with Gasteiger partial charge in [-0.05, 0) is 24.8 Å². The number of benzene rings is 1. The molecule has 3 unspecified atom stereocenters. The van der Waals surface area contributed by atoms with Crippen LogP contribution in [-0.2, 0) is 16.0 Å². The molecule has 0 N–H and O–H groups in total. The van der Waals surface area contributed by atoms with Gasteiger partial charge in [0.1, 0.15) is 0 Å². The Morgan fingerprint density at radius 2 is 2.05 bits per heavy atom. The number of nitrogens with zero attached hydrogens (tertiary/aromatic N) is 1. The molecule has 1 aliphatic carbocycles. The SMILES string of the molecule is CC(Cc1ccccc1)C(=O)N1CCOC2CCCCC21. The lowest BCUT2D eigenvalue weighted by Crippen LogP contribution is -2.56. The van der Waals surface area contributed by atoms with E-state index in [1.54, 1.807) is 0 Å². The minimum Gasteiger partial charge on any atom is -0.374 e. The lowest BCUT2D eigenvalue weighted by Gasteiger charge is -2.44. The van der Waals surface area contributed by atoms with Crippen molar-refractivity contribution >= 4 is 5.91 Å². The Bertz CT molecular complexity index is 471. The van der Waals surface area contributed by atoms with Crippen molar-refractivity contribution in [3.8, 4) is 0 Å². The molecule has 1 aromatic carbocycles.